The van der Waals surface area contributed by atoms with Crippen molar-refractivity contribution in [3.05, 3.63) is 75.1 Å². The Labute approximate surface area is 159 Å². The van der Waals surface area contributed by atoms with Crippen molar-refractivity contribution in [2.75, 3.05) is 13.7 Å². The van der Waals surface area contributed by atoms with Gasteiger partial charge in [-0.05, 0) is 41.8 Å². The Kier molecular flexibility index (Phi) is 4.58. The predicted molar refractivity (Wildman–Crippen MR) is 98.2 cm³/mol. The van der Waals surface area contributed by atoms with Crippen LogP contribution in [0.3, 0.4) is 0 Å². The first kappa shape index (κ1) is 18.2. The molecule has 0 saturated heterocycles. The Bertz CT molecular complexity index is 1120. The van der Waals surface area contributed by atoms with E-state index in [9.17, 15) is 18.4 Å². The van der Waals surface area contributed by atoms with Crippen molar-refractivity contribution in [2.45, 2.75) is 19.4 Å². The van der Waals surface area contributed by atoms with Gasteiger partial charge in [-0.15, -0.1) is 0 Å². The number of nitrogens with zero attached hydrogens (tertiary/aromatic N) is 1. The van der Waals surface area contributed by atoms with Crippen LogP contribution in [0.4, 0.5) is 8.78 Å². The molecule has 0 spiro atoms. The topological polar surface area (TPSA) is 59.8 Å². The number of carbonyl (C=O) groups is 1. The molecule has 0 unspecified atom stereocenters. The molecule has 144 valence electrons. The lowest BCUT2D eigenvalue weighted by Gasteiger charge is -2.28. The molecular weight excluding hydrogens is 368 g/mol. The predicted octanol–water partition coefficient (Wildman–Crippen LogP) is 3.21. The zero-order chi connectivity index (χ0) is 19.8. The number of ether oxygens (including phenoxy) is 1. The van der Waals surface area contributed by atoms with Gasteiger partial charge in [-0.2, -0.15) is 0 Å². The van der Waals surface area contributed by atoms with Crippen molar-refractivity contribution in [3.63, 3.8) is 0 Å². The third kappa shape index (κ3) is 3.35. The van der Waals surface area contributed by atoms with Crippen LogP contribution in [0.1, 0.15) is 16.7 Å². The van der Waals surface area contributed by atoms with Gasteiger partial charge in [0.1, 0.15) is 23.0 Å². The molecule has 5 nitrogen and oxygen atoms in total. The minimum atomic E-state index is -0.727. The number of hydrogen-bond donors (Lipinski definition) is 0. The average molecular weight is 385 g/mol. The quantitative estimate of drug-likeness (QED) is 0.650. The van der Waals surface area contributed by atoms with Crippen LogP contribution in [0, 0.1) is 11.6 Å². The molecule has 0 atom stereocenters. The summed E-state index contributed by atoms with van der Waals surface area (Å²) in [5.41, 5.74) is 1.49. The molecule has 1 aliphatic rings. The van der Waals surface area contributed by atoms with E-state index >= 15 is 0 Å². The van der Waals surface area contributed by atoms with Gasteiger partial charge in [0.2, 0.25) is 5.91 Å². The van der Waals surface area contributed by atoms with Gasteiger partial charge in [0, 0.05) is 24.1 Å². The Hall–Kier alpha value is -3.22. The summed E-state index contributed by atoms with van der Waals surface area (Å²) in [6.45, 7) is 0.518. The number of methoxy groups -OCH3 is 1. The van der Waals surface area contributed by atoms with Gasteiger partial charge >= 0.3 is 5.63 Å². The van der Waals surface area contributed by atoms with Crippen molar-refractivity contribution in [2.24, 2.45) is 0 Å². The van der Waals surface area contributed by atoms with E-state index in [0.717, 1.165) is 29.1 Å². The summed E-state index contributed by atoms with van der Waals surface area (Å²) in [7, 11) is 1.53. The Balaban J connectivity index is 1.61. The number of carbonyl (C=O) groups excluding carboxylic acids is 1. The molecule has 2 aromatic carbocycles. The van der Waals surface area contributed by atoms with Crippen LogP contribution >= 0.6 is 0 Å². The molecule has 1 aliphatic heterocycles. The molecule has 0 bridgehead atoms. The molecule has 0 fully saturated rings. The van der Waals surface area contributed by atoms with E-state index in [0.29, 0.717) is 29.9 Å². The number of fused-ring (bicyclic) bond motifs is 3. The molecule has 0 radical (unpaired) electrons. The van der Waals surface area contributed by atoms with Gasteiger partial charge in [-0.1, -0.05) is 0 Å². The molecule has 4 rings (SSSR count). The Morgan fingerprint density at radius 1 is 1.14 bits per heavy atom. The number of halogens is 2. The van der Waals surface area contributed by atoms with Crippen LogP contribution in [0.25, 0.3) is 11.0 Å². The molecule has 1 amide bonds. The zero-order valence-corrected chi connectivity index (χ0v) is 15.1. The maximum atomic E-state index is 13.3. The monoisotopic (exact) mass is 385 g/mol. The molecule has 0 saturated carbocycles. The fraction of sp³-hybridized carbons (Fsp3) is 0.238. The lowest BCUT2D eigenvalue weighted by atomic mass is 9.97. The smallest absolute Gasteiger partial charge is 0.341 e. The van der Waals surface area contributed by atoms with E-state index in [1.54, 1.807) is 12.1 Å². The second-order valence-corrected chi connectivity index (χ2v) is 6.73. The summed E-state index contributed by atoms with van der Waals surface area (Å²) in [5, 5.41) is 0.815. The molecule has 2 heterocycles. The minimum Gasteiger partial charge on any atom is -0.497 e. The van der Waals surface area contributed by atoms with Crippen molar-refractivity contribution < 1.29 is 22.7 Å². The fourth-order valence-electron chi connectivity index (χ4n) is 3.59. The zero-order valence-electron chi connectivity index (χ0n) is 15.1. The second kappa shape index (κ2) is 7.07. The largest absolute Gasteiger partial charge is 0.497 e. The maximum Gasteiger partial charge on any atom is 0.341 e. The first-order chi connectivity index (χ1) is 13.4. The molecule has 1 aromatic heterocycles. The van der Waals surface area contributed by atoms with E-state index in [1.165, 1.54) is 12.0 Å². The van der Waals surface area contributed by atoms with Crippen LogP contribution in [0.2, 0.25) is 0 Å². The highest BCUT2D eigenvalue weighted by Gasteiger charge is 2.26. The van der Waals surface area contributed by atoms with E-state index in [-0.39, 0.29) is 24.4 Å². The Morgan fingerprint density at radius 2 is 1.89 bits per heavy atom. The number of rotatable bonds is 3. The lowest BCUT2D eigenvalue weighted by molar-refractivity contribution is -0.131. The van der Waals surface area contributed by atoms with Crippen molar-refractivity contribution >= 4 is 16.9 Å². The summed E-state index contributed by atoms with van der Waals surface area (Å²) in [5.74, 6) is -1.17. The van der Waals surface area contributed by atoms with Gasteiger partial charge in [-0.25, -0.2) is 13.6 Å². The maximum absolute atomic E-state index is 13.3. The number of hydrogen-bond acceptors (Lipinski definition) is 4. The van der Waals surface area contributed by atoms with E-state index in [1.807, 2.05) is 6.07 Å². The first-order valence-electron chi connectivity index (χ1n) is 8.80. The molecule has 3 aromatic rings. The van der Waals surface area contributed by atoms with Gasteiger partial charge in [0.15, 0.2) is 0 Å². The second-order valence-electron chi connectivity index (χ2n) is 6.73. The highest BCUT2D eigenvalue weighted by atomic mass is 19.1. The summed E-state index contributed by atoms with van der Waals surface area (Å²) in [4.78, 5) is 26.6. The molecule has 28 heavy (non-hydrogen) atoms. The van der Waals surface area contributed by atoms with E-state index in [2.05, 4.69) is 0 Å². The van der Waals surface area contributed by atoms with Crippen LogP contribution in [0.5, 0.6) is 5.75 Å². The number of amides is 1. The fourth-order valence-corrected chi connectivity index (χ4v) is 3.59. The van der Waals surface area contributed by atoms with Gasteiger partial charge in [0.05, 0.1) is 25.6 Å². The van der Waals surface area contributed by atoms with Crippen molar-refractivity contribution in [1.29, 1.82) is 0 Å². The van der Waals surface area contributed by atoms with Gasteiger partial charge in [-0.3, -0.25) is 4.79 Å². The number of benzene rings is 2. The summed E-state index contributed by atoms with van der Waals surface area (Å²) in [6, 6.07) is 8.31. The van der Waals surface area contributed by atoms with Gasteiger partial charge in [0.25, 0.3) is 0 Å². The third-order valence-electron chi connectivity index (χ3n) is 4.94. The van der Waals surface area contributed by atoms with Gasteiger partial charge < -0.3 is 14.1 Å². The highest BCUT2D eigenvalue weighted by Crippen LogP contribution is 2.28. The van der Waals surface area contributed by atoms with Crippen LogP contribution in [-0.4, -0.2) is 24.5 Å². The molecule has 0 N–H and O–H groups in total. The average Bonchev–Trinajstić information content (AvgIpc) is 2.66. The third-order valence-corrected chi connectivity index (χ3v) is 4.94. The summed E-state index contributed by atoms with van der Waals surface area (Å²) in [6.07, 6.45) is 0.354. The minimum absolute atomic E-state index is 0.107. The summed E-state index contributed by atoms with van der Waals surface area (Å²) >= 11 is 0. The van der Waals surface area contributed by atoms with Crippen LogP contribution in [-0.2, 0) is 24.2 Å². The summed E-state index contributed by atoms with van der Waals surface area (Å²) < 4.78 is 37.3. The van der Waals surface area contributed by atoms with E-state index < -0.39 is 17.3 Å². The highest BCUT2D eigenvalue weighted by molar-refractivity contribution is 5.84. The SMILES string of the molecule is COc1ccc2c3c(c(=O)oc2c1)CN(C(=O)Cc1cc(F)cc(F)c1)CC3. The first-order valence-corrected chi connectivity index (χ1v) is 8.80. The Morgan fingerprint density at radius 3 is 2.61 bits per heavy atom. The molecule has 7 heteroatoms. The van der Waals surface area contributed by atoms with E-state index in [4.69, 9.17) is 9.15 Å². The van der Waals surface area contributed by atoms with Crippen molar-refractivity contribution in [3.8, 4) is 5.75 Å². The van der Waals surface area contributed by atoms with Crippen LogP contribution < -0.4 is 10.4 Å². The van der Waals surface area contributed by atoms with Crippen LogP contribution in [0.15, 0.2) is 45.6 Å². The lowest BCUT2D eigenvalue weighted by Crippen LogP contribution is -2.39. The molecular formula is C21H17F2NO4. The molecule has 0 aliphatic carbocycles. The normalized spacial score (nSPS) is 13.5. The van der Waals surface area contributed by atoms with Crippen molar-refractivity contribution in [1.82, 2.24) is 4.90 Å². The standard InChI is InChI=1S/C21H17F2NO4/c1-27-15-2-3-17-16-4-5-24(11-18(16)21(26)28-19(17)10-15)20(25)8-12-6-13(22)9-14(23)7-12/h2-3,6-7,9-10H,4-5,8,11H2,1H3.